The first-order valence-electron chi connectivity index (χ1n) is 6.95. The van der Waals surface area contributed by atoms with E-state index in [1.165, 1.54) is 0 Å². The Hall–Kier alpha value is -0.870. The van der Waals surface area contributed by atoms with Crippen molar-refractivity contribution in [2.24, 2.45) is 5.92 Å². The predicted molar refractivity (Wildman–Crippen MR) is 77.7 cm³/mol. The Kier molecular flexibility index (Phi) is 4.63. The van der Waals surface area contributed by atoms with Crippen LogP contribution in [0.25, 0.3) is 0 Å². The molecule has 1 heterocycles. The number of nitrogens with one attached hydrogen (secondary N) is 1. The van der Waals surface area contributed by atoms with E-state index >= 15 is 0 Å². The Bertz CT molecular complexity index is 451. The van der Waals surface area contributed by atoms with Gasteiger partial charge >= 0.3 is 0 Å². The summed E-state index contributed by atoms with van der Waals surface area (Å²) in [6, 6.07) is 0. The van der Waals surface area contributed by atoms with Gasteiger partial charge in [-0.25, -0.2) is 9.97 Å². The normalized spacial score (nSPS) is 23.1. The maximum atomic E-state index is 9.83. The number of aliphatic hydroxyl groups excluding tert-OH is 1. The first kappa shape index (κ1) is 14.5. The number of aromatic nitrogens is 2. The summed E-state index contributed by atoms with van der Waals surface area (Å²) in [4.78, 5) is 8.82. The van der Waals surface area contributed by atoms with Crippen LogP contribution in [-0.4, -0.2) is 27.7 Å². The average Bonchev–Trinajstić information content (AvgIpc) is 2.76. The van der Waals surface area contributed by atoms with Gasteiger partial charge in [-0.1, -0.05) is 31.9 Å². The molecule has 5 heteroatoms. The summed E-state index contributed by atoms with van der Waals surface area (Å²) < 4.78 is 0. The highest BCUT2D eigenvalue weighted by atomic mass is 35.5. The highest BCUT2D eigenvalue weighted by molar-refractivity contribution is 6.30. The van der Waals surface area contributed by atoms with E-state index in [2.05, 4.69) is 15.3 Å². The van der Waals surface area contributed by atoms with Crippen LogP contribution < -0.4 is 5.32 Å². The Balaban J connectivity index is 2.10. The molecule has 2 atom stereocenters. The maximum Gasteiger partial charge on any atom is 0.137 e. The zero-order valence-electron chi connectivity index (χ0n) is 11.8. The van der Waals surface area contributed by atoms with Gasteiger partial charge in [-0.05, 0) is 19.8 Å². The van der Waals surface area contributed by atoms with Crippen molar-refractivity contribution in [2.45, 2.75) is 52.1 Å². The number of hydrogen-bond acceptors (Lipinski definition) is 4. The molecule has 0 amide bonds. The molecule has 2 rings (SSSR count). The smallest absolute Gasteiger partial charge is 0.137 e. The molecule has 0 aromatic carbocycles. The molecule has 1 saturated carbocycles. The summed E-state index contributed by atoms with van der Waals surface area (Å²) in [5.74, 6) is 2.11. The molecule has 0 bridgehead atoms. The van der Waals surface area contributed by atoms with Crippen LogP contribution in [0.1, 0.15) is 50.4 Å². The average molecular weight is 284 g/mol. The lowest BCUT2D eigenvalue weighted by molar-refractivity contribution is 0.138. The number of halogens is 1. The van der Waals surface area contributed by atoms with Gasteiger partial charge in [-0.2, -0.15) is 0 Å². The van der Waals surface area contributed by atoms with E-state index in [0.29, 0.717) is 11.1 Å². The molecule has 1 fully saturated rings. The minimum Gasteiger partial charge on any atom is -0.393 e. The largest absolute Gasteiger partial charge is 0.393 e. The van der Waals surface area contributed by atoms with Gasteiger partial charge in [0.2, 0.25) is 0 Å². The number of rotatable bonds is 4. The molecule has 19 heavy (non-hydrogen) atoms. The SMILES string of the molecule is Cc1c(Cl)nc(C(C)C)nc1NCC1CCCC1O. The van der Waals surface area contributed by atoms with Crippen molar-refractivity contribution in [3.8, 4) is 0 Å². The van der Waals surface area contributed by atoms with Gasteiger partial charge in [0.15, 0.2) is 0 Å². The van der Waals surface area contributed by atoms with Crippen molar-refractivity contribution in [3.63, 3.8) is 0 Å². The van der Waals surface area contributed by atoms with Gasteiger partial charge in [-0.3, -0.25) is 0 Å². The molecule has 1 aliphatic carbocycles. The Morgan fingerprint density at radius 1 is 1.37 bits per heavy atom. The second-order valence-corrected chi connectivity index (χ2v) is 6.00. The van der Waals surface area contributed by atoms with Crippen molar-refractivity contribution >= 4 is 17.4 Å². The minimum absolute atomic E-state index is 0.185. The van der Waals surface area contributed by atoms with Crippen molar-refractivity contribution in [3.05, 3.63) is 16.5 Å². The molecule has 0 radical (unpaired) electrons. The first-order valence-corrected chi connectivity index (χ1v) is 7.32. The maximum absolute atomic E-state index is 9.83. The molecular weight excluding hydrogens is 262 g/mol. The van der Waals surface area contributed by atoms with Gasteiger partial charge in [0.05, 0.1) is 6.10 Å². The summed E-state index contributed by atoms with van der Waals surface area (Å²) in [7, 11) is 0. The first-order chi connectivity index (χ1) is 8.99. The summed E-state index contributed by atoms with van der Waals surface area (Å²) >= 11 is 6.15. The van der Waals surface area contributed by atoms with Crippen LogP contribution in [0.5, 0.6) is 0 Å². The van der Waals surface area contributed by atoms with Gasteiger partial charge < -0.3 is 10.4 Å². The zero-order chi connectivity index (χ0) is 14.0. The lowest BCUT2D eigenvalue weighted by Crippen LogP contribution is -2.23. The van der Waals surface area contributed by atoms with E-state index in [1.54, 1.807) is 0 Å². The highest BCUT2D eigenvalue weighted by Gasteiger charge is 2.25. The fourth-order valence-corrected chi connectivity index (χ4v) is 2.60. The van der Waals surface area contributed by atoms with Crippen LogP contribution >= 0.6 is 11.6 Å². The van der Waals surface area contributed by atoms with Crippen LogP contribution in [0.2, 0.25) is 5.15 Å². The molecule has 106 valence electrons. The zero-order valence-corrected chi connectivity index (χ0v) is 12.5. The van der Waals surface area contributed by atoms with E-state index in [9.17, 15) is 5.11 Å². The van der Waals surface area contributed by atoms with Crippen LogP contribution in [0.3, 0.4) is 0 Å². The Morgan fingerprint density at radius 3 is 2.68 bits per heavy atom. The number of aliphatic hydroxyl groups is 1. The molecule has 2 unspecified atom stereocenters. The minimum atomic E-state index is -0.185. The number of nitrogens with zero attached hydrogens (tertiary/aromatic N) is 2. The molecule has 0 spiro atoms. The second kappa shape index (κ2) is 6.06. The van der Waals surface area contributed by atoms with E-state index in [0.717, 1.165) is 43.0 Å². The lowest BCUT2D eigenvalue weighted by Gasteiger charge is -2.17. The molecular formula is C14H22ClN3O. The van der Waals surface area contributed by atoms with Crippen molar-refractivity contribution < 1.29 is 5.11 Å². The topological polar surface area (TPSA) is 58.0 Å². The van der Waals surface area contributed by atoms with Crippen molar-refractivity contribution in [1.82, 2.24) is 9.97 Å². The van der Waals surface area contributed by atoms with Crippen LogP contribution in [0.15, 0.2) is 0 Å². The standard InChI is InChI=1S/C14H22ClN3O/c1-8(2)13-17-12(15)9(3)14(18-13)16-7-10-5-4-6-11(10)19/h8,10-11,19H,4-7H2,1-3H3,(H,16,17,18). The van der Waals surface area contributed by atoms with Crippen molar-refractivity contribution in [1.29, 1.82) is 0 Å². The Labute approximate surface area is 119 Å². The van der Waals surface area contributed by atoms with Gasteiger partial charge in [0.25, 0.3) is 0 Å². The van der Waals surface area contributed by atoms with Gasteiger partial charge in [-0.15, -0.1) is 0 Å². The summed E-state index contributed by atoms with van der Waals surface area (Å²) in [6.45, 7) is 6.75. The fraction of sp³-hybridized carbons (Fsp3) is 0.714. The number of anilines is 1. The predicted octanol–water partition coefficient (Wildman–Crippen LogP) is 3.13. The Morgan fingerprint density at radius 2 is 2.11 bits per heavy atom. The summed E-state index contributed by atoms with van der Waals surface area (Å²) in [6.07, 6.45) is 2.90. The highest BCUT2D eigenvalue weighted by Crippen LogP contribution is 2.27. The molecule has 0 saturated heterocycles. The summed E-state index contributed by atoms with van der Waals surface area (Å²) in [5, 5.41) is 13.7. The van der Waals surface area contributed by atoms with Crippen LogP contribution in [-0.2, 0) is 0 Å². The van der Waals surface area contributed by atoms with Crippen LogP contribution in [0.4, 0.5) is 5.82 Å². The molecule has 1 aromatic heterocycles. The van der Waals surface area contributed by atoms with Crippen LogP contribution in [0, 0.1) is 12.8 Å². The third kappa shape index (κ3) is 3.37. The van der Waals surface area contributed by atoms with Gasteiger partial charge in [0, 0.05) is 23.9 Å². The lowest BCUT2D eigenvalue weighted by atomic mass is 10.1. The third-order valence-electron chi connectivity index (χ3n) is 3.77. The van der Waals surface area contributed by atoms with E-state index in [4.69, 9.17) is 11.6 Å². The van der Waals surface area contributed by atoms with E-state index < -0.39 is 0 Å². The van der Waals surface area contributed by atoms with E-state index in [1.807, 2.05) is 20.8 Å². The monoisotopic (exact) mass is 283 g/mol. The summed E-state index contributed by atoms with van der Waals surface area (Å²) in [5.41, 5.74) is 0.874. The third-order valence-corrected chi connectivity index (χ3v) is 4.14. The van der Waals surface area contributed by atoms with Gasteiger partial charge in [0.1, 0.15) is 16.8 Å². The van der Waals surface area contributed by atoms with Crippen molar-refractivity contribution in [2.75, 3.05) is 11.9 Å². The molecule has 1 aliphatic rings. The molecule has 1 aromatic rings. The number of hydrogen-bond donors (Lipinski definition) is 2. The second-order valence-electron chi connectivity index (χ2n) is 5.64. The fourth-order valence-electron chi connectivity index (χ4n) is 2.42. The van der Waals surface area contributed by atoms with E-state index in [-0.39, 0.29) is 12.0 Å². The quantitative estimate of drug-likeness (QED) is 0.834. The molecule has 2 N–H and O–H groups in total. The molecule has 0 aliphatic heterocycles. The molecule has 4 nitrogen and oxygen atoms in total.